The monoisotopic (exact) mass is 401 g/mol. The fourth-order valence-corrected chi connectivity index (χ4v) is 5.65. The molecule has 1 fully saturated rings. The highest BCUT2D eigenvalue weighted by Gasteiger charge is 2.53. The number of aryl methyl sites for hydroxylation is 1. The highest BCUT2D eigenvalue weighted by molar-refractivity contribution is 7.92. The number of sulfone groups is 1. The molecule has 1 heterocycles. The molecule has 0 amide bonds. The van der Waals surface area contributed by atoms with E-state index in [1.165, 1.54) is 0 Å². The summed E-state index contributed by atoms with van der Waals surface area (Å²) >= 11 is 0. The Balaban J connectivity index is 2.03. The van der Waals surface area contributed by atoms with E-state index in [-0.39, 0.29) is 17.4 Å². The molecular formula is C22H27NO4S. The third-order valence-corrected chi connectivity index (χ3v) is 7.32. The lowest BCUT2D eigenvalue weighted by atomic mass is 9.99. The molecule has 6 heteroatoms. The Morgan fingerprint density at radius 3 is 2.29 bits per heavy atom. The zero-order valence-electron chi connectivity index (χ0n) is 16.7. The van der Waals surface area contributed by atoms with Gasteiger partial charge < -0.3 is 4.74 Å². The summed E-state index contributed by atoms with van der Waals surface area (Å²) in [5.74, 6) is -0.426. The van der Waals surface area contributed by atoms with Crippen molar-refractivity contribution >= 4 is 15.8 Å². The first-order valence-corrected chi connectivity index (χ1v) is 11.0. The molecule has 0 bridgehead atoms. The van der Waals surface area contributed by atoms with Crippen LogP contribution in [0.4, 0.5) is 0 Å². The molecule has 0 spiro atoms. The lowest BCUT2D eigenvalue weighted by Gasteiger charge is -2.25. The van der Waals surface area contributed by atoms with Gasteiger partial charge in [-0.2, -0.15) is 0 Å². The van der Waals surface area contributed by atoms with Crippen LogP contribution in [-0.2, 0) is 19.4 Å². The molecule has 28 heavy (non-hydrogen) atoms. The van der Waals surface area contributed by atoms with Gasteiger partial charge in [0.15, 0.2) is 9.84 Å². The van der Waals surface area contributed by atoms with Crippen molar-refractivity contribution in [2.24, 2.45) is 0 Å². The van der Waals surface area contributed by atoms with Crippen LogP contribution >= 0.6 is 0 Å². The summed E-state index contributed by atoms with van der Waals surface area (Å²) in [5.41, 5.74) is 0.755. The summed E-state index contributed by atoms with van der Waals surface area (Å²) in [4.78, 5) is 13.0. The first kappa shape index (κ1) is 20.6. The van der Waals surface area contributed by atoms with Crippen molar-refractivity contribution in [3.8, 4) is 0 Å². The minimum absolute atomic E-state index is 0.147. The normalized spacial score (nSPS) is 25.0. The Bertz CT molecular complexity index is 938. The van der Waals surface area contributed by atoms with Gasteiger partial charge in [-0.15, -0.1) is 0 Å². The van der Waals surface area contributed by atoms with Crippen molar-refractivity contribution in [2.75, 3.05) is 0 Å². The fraction of sp³-hybridized carbons (Fsp3) is 0.409. The lowest BCUT2D eigenvalue weighted by Crippen LogP contribution is -2.47. The molecule has 1 aliphatic heterocycles. The number of carbonyl (C=O) groups is 1. The number of hydrogen-bond acceptors (Lipinski definition) is 5. The number of ether oxygens (including phenoxy) is 1. The number of nitrogens with one attached hydrogen (secondary N) is 1. The molecule has 0 aliphatic carbocycles. The maximum absolute atomic E-state index is 13.5. The smallest absolute Gasteiger partial charge is 0.326 e. The summed E-state index contributed by atoms with van der Waals surface area (Å²) in [5, 5.41) is 2.50. The van der Waals surface area contributed by atoms with Crippen molar-refractivity contribution < 1.29 is 17.9 Å². The predicted molar refractivity (Wildman–Crippen MR) is 109 cm³/mol. The van der Waals surface area contributed by atoms with Gasteiger partial charge in [-0.3, -0.25) is 10.1 Å². The van der Waals surface area contributed by atoms with Gasteiger partial charge in [0.05, 0.1) is 22.3 Å². The Morgan fingerprint density at radius 2 is 1.71 bits per heavy atom. The number of carbonyl (C=O) groups excluding carboxylic acids is 1. The second kappa shape index (κ2) is 7.68. The van der Waals surface area contributed by atoms with Gasteiger partial charge in [-0.05, 0) is 51.8 Å². The molecule has 0 aromatic heterocycles. The maximum atomic E-state index is 13.5. The lowest BCUT2D eigenvalue weighted by molar-refractivity contribution is -0.154. The summed E-state index contributed by atoms with van der Waals surface area (Å²) < 4.78 is 32.3. The zero-order chi connectivity index (χ0) is 20.5. The third kappa shape index (κ3) is 3.98. The molecule has 1 N–H and O–H groups in total. The van der Waals surface area contributed by atoms with Crippen LogP contribution in [-0.4, -0.2) is 31.3 Å². The molecule has 1 aliphatic rings. The number of esters is 1. The van der Waals surface area contributed by atoms with E-state index in [0.717, 1.165) is 11.1 Å². The van der Waals surface area contributed by atoms with Gasteiger partial charge in [0.1, 0.15) is 5.54 Å². The SMILES string of the molecule is Cc1ccc(S(=O)(=O)[C@@H]2C[C@](C)(C(=O)OC(C)C)N[C@@H]2c2ccccc2)cc1. The van der Waals surface area contributed by atoms with Crippen LogP contribution in [0.3, 0.4) is 0 Å². The van der Waals surface area contributed by atoms with Gasteiger partial charge >= 0.3 is 5.97 Å². The van der Waals surface area contributed by atoms with E-state index in [9.17, 15) is 13.2 Å². The Hall–Kier alpha value is -2.18. The molecule has 3 rings (SSSR count). The van der Waals surface area contributed by atoms with Gasteiger partial charge in [-0.25, -0.2) is 8.42 Å². The topological polar surface area (TPSA) is 72.5 Å². The summed E-state index contributed by atoms with van der Waals surface area (Å²) in [6, 6.07) is 15.7. The molecular weight excluding hydrogens is 374 g/mol. The Labute approximate surface area is 167 Å². The quantitative estimate of drug-likeness (QED) is 0.776. The van der Waals surface area contributed by atoms with Crippen LogP contribution in [0.2, 0.25) is 0 Å². The second-order valence-corrected chi connectivity index (χ2v) is 10.1. The van der Waals surface area contributed by atoms with E-state index < -0.39 is 32.6 Å². The van der Waals surface area contributed by atoms with Crippen molar-refractivity contribution in [3.63, 3.8) is 0 Å². The largest absolute Gasteiger partial charge is 0.462 e. The summed E-state index contributed by atoms with van der Waals surface area (Å²) in [7, 11) is -3.66. The highest BCUT2D eigenvalue weighted by atomic mass is 32.2. The molecule has 0 unspecified atom stereocenters. The summed E-state index contributed by atoms with van der Waals surface area (Å²) in [6.45, 7) is 7.20. The standard InChI is InChI=1S/C22H27NO4S/c1-15(2)27-21(24)22(4)14-19(20(23-22)17-8-6-5-7-9-17)28(25,26)18-12-10-16(3)11-13-18/h5-13,15,19-20,23H,14H2,1-4H3/t19-,20-,22-/m1/s1. The van der Waals surface area contributed by atoms with Crippen molar-refractivity contribution in [2.45, 2.75) is 61.9 Å². The van der Waals surface area contributed by atoms with E-state index >= 15 is 0 Å². The number of benzene rings is 2. The van der Waals surface area contributed by atoms with Gasteiger partial charge in [0, 0.05) is 0 Å². The molecule has 2 aromatic rings. The van der Waals surface area contributed by atoms with Gasteiger partial charge in [0.25, 0.3) is 0 Å². The second-order valence-electron chi connectivity index (χ2n) is 7.92. The summed E-state index contributed by atoms with van der Waals surface area (Å²) in [6.07, 6.45) is -0.122. The van der Waals surface area contributed by atoms with E-state index in [1.807, 2.05) is 37.3 Å². The molecule has 3 atom stereocenters. The van der Waals surface area contributed by atoms with E-state index in [1.54, 1.807) is 45.0 Å². The van der Waals surface area contributed by atoms with E-state index in [2.05, 4.69) is 5.32 Å². The van der Waals surface area contributed by atoms with Gasteiger partial charge in [0.2, 0.25) is 0 Å². The van der Waals surface area contributed by atoms with Crippen LogP contribution < -0.4 is 5.32 Å². The van der Waals surface area contributed by atoms with Crippen molar-refractivity contribution in [3.05, 3.63) is 65.7 Å². The Kier molecular flexibility index (Phi) is 5.64. The predicted octanol–water partition coefficient (Wildman–Crippen LogP) is 3.58. The highest BCUT2D eigenvalue weighted by Crippen LogP contribution is 2.40. The molecule has 0 radical (unpaired) electrons. The molecule has 150 valence electrons. The minimum Gasteiger partial charge on any atom is -0.462 e. The van der Waals surface area contributed by atoms with Crippen LogP contribution in [0.15, 0.2) is 59.5 Å². The van der Waals surface area contributed by atoms with Crippen LogP contribution in [0.25, 0.3) is 0 Å². The van der Waals surface area contributed by atoms with Gasteiger partial charge in [-0.1, -0.05) is 48.0 Å². The van der Waals surface area contributed by atoms with Crippen molar-refractivity contribution in [1.29, 1.82) is 0 Å². The molecule has 5 nitrogen and oxygen atoms in total. The third-order valence-electron chi connectivity index (χ3n) is 5.16. The van der Waals surface area contributed by atoms with Crippen molar-refractivity contribution in [1.82, 2.24) is 5.32 Å². The maximum Gasteiger partial charge on any atom is 0.326 e. The average molecular weight is 402 g/mol. The minimum atomic E-state index is -3.66. The van der Waals surface area contributed by atoms with Crippen LogP contribution in [0, 0.1) is 6.92 Å². The number of rotatable bonds is 5. The average Bonchev–Trinajstić information content (AvgIpc) is 3.02. The fourth-order valence-electron chi connectivity index (χ4n) is 3.65. The van der Waals surface area contributed by atoms with Crippen LogP contribution in [0.1, 0.15) is 44.4 Å². The molecule has 0 saturated carbocycles. The molecule has 1 saturated heterocycles. The first-order chi connectivity index (χ1) is 13.1. The Morgan fingerprint density at radius 1 is 1.11 bits per heavy atom. The molecule has 2 aromatic carbocycles. The first-order valence-electron chi connectivity index (χ1n) is 9.48. The van der Waals surface area contributed by atoms with Crippen LogP contribution in [0.5, 0.6) is 0 Å². The van der Waals surface area contributed by atoms with E-state index in [4.69, 9.17) is 4.74 Å². The van der Waals surface area contributed by atoms with E-state index in [0.29, 0.717) is 0 Å². The number of hydrogen-bond donors (Lipinski definition) is 1. The zero-order valence-corrected chi connectivity index (χ0v) is 17.5.